The van der Waals surface area contributed by atoms with Crippen LogP contribution in [0.2, 0.25) is 0 Å². The van der Waals surface area contributed by atoms with Gasteiger partial charge < -0.3 is 10.7 Å². The topological polar surface area (TPSA) is 70.8 Å². The van der Waals surface area contributed by atoms with Gasteiger partial charge in [0.05, 0.1) is 29.3 Å². The van der Waals surface area contributed by atoms with Gasteiger partial charge in [-0.25, -0.2) is 4.98 Å². The van der Waals surface area contributed by atoms with Crippen LogP contribution in [0.5, 0.6) is 0 Å². The maximum Gasteiger partial charge on any atom is 0.141 e. The Morgan fingerprint density at radius 3 is 2.55 bits per heavy atom. The van der Waals surface area contributed by atoms with Gasteiger partial charge in [-0.2, -0.15) is 0 Å². The molecule has 0 saturated carbocycles. The SMILES string of the molecule is [B]c1ccc2c(n1)[C@@H](N(CCCCN)Cc1nc3c([B])c([B])c([B])c([B])c3[nH]1)CCC2. The van der Waals surface area contributed by atoms with E-state index < -0.39 is 0 Å². The van der Waals surface area contributed by atoms with E-state index in [4.69, 9.17) is 49.9 Å². The van der Waals surface area contributed by atoms with E-state index in [0.29, 0.717) is 40.6 Å². The molecule has 0 bridgehead atoms. The molecule has 3 aromatic rings. The Balaban J connectivity index is 1.69. The minimum absolute atomic E-state index is 0.156. The molecule has 4 rings (SSSR count). The smallest absolute Gasteiger partial charge is 0.141 e. The second-order valence-electron chi connectivity index (χ2n) is 8.22. The average Bonchev–Trinajstić information content (AvgIpc) is 3.19. The number of nitrogens with one attached hydrogen (secondary N) is 1. The van der Waals surface area contributed by atoms with Crippen LogP contribution in [0.3, 0.4) is 0 Å². The highest BCUT2D eigenvalue weighted by Crippen LogP contribution is 2.33. The molecule has 3 N–H and O–H groups in total. The first kappa shape index (κ1) is 22.3. The molecule has 31 heavy (non-hydrogen) atoms. The summed E-state index contributed by atoms with van der Waals surface area (Å²) >= 11 is 0. The molecular weight excluding hydrogens is 376 g/mol. The lowest BCUT2D eigenvalue weighted by Crippen LogP contribution is -2.47. The number of pyridine rings is 1. The average molecular weight is 399 g/mol. The molecule has 0 fully saturated rings. The van der Waals surface area contributed by atoms with E-state index >= 15 is 0 Å². The highest BCUT2D eigenvalue weighted by Gasteiger charge is 2.28. The van der Waals surface area contributed by atoms with Crippen molar-refractivity contribution in [2.75, 3.05) is 13.1 Å². The number of fused-ring (bicyclic) bond motifs is 2. The standard InChI is InChI=1S/C21H22B5N5/c22-13-7-6-11-4-3-5-12(19(11)28-13)31(9-2-1-8-27)10-14-29-20-17(25)15(23)16(24)18(26)21(20)30-14/h6-7,12H,1-5,8-10,27H2,(H,29,30)/t12-/m0/s1. The van der Waals surface area contributed by atoms with Crippen molar-refractivity contribution in [1.82, 2.24) is 19.9 Å². The normalized spacial score (nSPS) is 16.1. The molecule has 0 unspecified atom stereocenters. The lowest BCUT2D eigenvalue weighted by Gasteiger charge is -2.35. The number of imidazole rings is 1. The fourth-order valence-corrected chi connectivity index (χ4v) is 4.43. The Kier molecular flexibility index (Phi) is 6.68. The van der Waals surface area contributed by atoms with Gasteiger partial charge in [0.25, 0.3) is 0 Å². The Bertz CT molecular complexity index is 1050. The van der Waals surface area contributed by atoms with Crippen LogP contribution in [0.25, 0.3) is 11.0 Å². The van der Waals surface area contributed by atoms with Gasteiger partial charge in [0.2, 0.25) is 0 Å². The first-order valence-electron chi connectivity index (χ1n) is 10.7. The molecule has 2 heterocycles. The highest BCUT2D eigenvalue weighted by atomic mass is 15.2. The molecule has 0 amide bonds. The molecule has 10 heteroatoms. The zero-order valence-corrected chi connectivity index (χ0v) is 17.7. The van der Waals surface area contributed by atoms with Crippen LogP contribution in [0.1, 0.15) is 48.8 Å². The number of nitrogens with two attached hydrogens (primary N) is 1. The summed E-state index contributed by atoms with van der Waals surface area (Å²) in [4.78, 5) is 15.1. The Labute approximate surface area is 190 Å². The third-order valence-corrected chi connectivity index (χ3v) is 6.11. The number of hydrogen-bond donors (Lipinski definition) is 2. The molecule has 1 atom stereocenters. The number of H-pyrrole nitrogens is 1. The summed E-state index contributed by atoms with van der Waals surface area (Å²) in [6, 6.07) is 4.12. The molecule has 146 valence electrons. The Hall–Kier alpha value is -1.92. The fourth-order valence-electron chi connectivity index (χ4n) is 4.43. The van der Waals surface area contributed by atoms with Gasteiger partial charge in [0.1, 0.15) is 45.1 Å². The fraction of sp³-hybridized carbons (Fsp3) is 0.429. The van der Waals surface area contributed by atoms with Crippen molar-refractivity contribution in [3.05, 3.63) is 29.2 Å². The Morgan fingerprint density at radius 1 is 1.00 bits per heavy atom. The third-order valence-electron chi connectivity index (χ3n) is 6.11. The van der Waals surface area contributed by atoms with Crippen LogP contribution >= 0.6 is 0 Å². The first-order valence-corrected chi connectivity index (χ1v) is 10.7. The predicted molar refractivity (Wildman–Crippen MR) is 132 cm³/mol. The van der Waals surface area contributed by atoms with Gasteiger partial charge in [0.15, 0.2) is 0 Å². The van der Waals surface area contributed by atoms with Crippen molar-refractivity contribution in [3.8, 4) is 0 Å². The van der Waals surface area contributed by atoms with Gasteiger partial charge in [-0.1, -0.05) is 23.1 Å². The van der Waals surface area contributed by atoms with Gasteiger partial charge in [-0.15, -0.1) is 10.9 Å². The van der Waals surface area contributed by atoms with Crippen LogP contribution < -0.4 is 33.2 Å². The summed E-state index contributed by atoms with van der Waals surface area (Å²) in [5.74, 6) is 0.752. The van der Waals surface area contributed by atoms with Crippen molar-refractivity contribution in [2.24, 2.45) is 5.73 Å². The summed E-state index contributed by atoms with van der Waals surface area (Å²) in [7, 11) is 30.3. The van der Waals surface area contributed by atoms with E-state index in [0.717, 1.165) is 50.2 Å². The van der Waals surface area contributed by atoms with Crippen molar-refractivity contribution in [1.29, 1.82) is 0 Å². The van der Waals surface area contributed by atoms with E-state index in [-0.39, 0.29) is 17.0 Å². The summed E-state index contributed by atoms with van der Waals surface area (Å²) in [5, 5.41) is 0. The van der Waals surface area contributed by atoms with Crippen molar-refractivity contribution < 1.29 is 0 Å². The van der Waals surface area contributed by atoms with Gasteiger partial charge >= 0.3 is 0 Å². The summed E-state index contributed by atoms with van der Waals surface area (Å²) in [6.45, 7) is 2.11. The molecule has 1 aliphatic rings. The molecule has 0 spiro atoms. The third kappa shape index (κ3) is 4.38. The van der Waals surface area contributed by atoms with Crippen LogP contribution in [0.4, 0.5) is 0 Å². The van der Waals surface area contributed by atoms with Crippen molar-refractivity contribution >= 4 is 77.7 Å². The number of aromatic nitrogens is 3. The highest BCUT2D eigenvalue weighted by molar-refractivity contribution is 6.66. The Morgan fingerprint density at radius 2 is 1.77 bits per heavy atom. The number of rotatable bonds is 7. The van der Waals surface area contributed by atoms with Crippen molar-refractivity contribution in [2.45, 2.75) is 44.7 Å². The minimum Gasteiger partial charge on any atom is -0.341 e. The largest absolute Gasteiger partial charge is 0.341 e. The van der Waals surface area contributed by atoms with Crippen LogP contribution in [0.15, 0.2) is 12.1 Å². The van der Waals surface area contributed by atoms with Crippen LogP contribution in [0, 0.1) is 0 Å². The molecule has 0 saturated heterocycles. The van der Waals surface area contributed by atoms with E-state index in [1.165, 1.54) is 5.56 Å². The number of aromatic amines is 1. The number of aryl methyl sites for hydroxylation is 1. The molecule has 2 aromatic heterocycles. The van der Waals surface area contributed by atoms with Crippen LogP contribution in [-0.4, -0.2) is 72.2 Å². The second kappa shape index (κ2) is 9.29. The quantitative estimate of drug-likeness (QED) is 0.342. The summed E-state index contributed by atoms with van der Waals surface area (Å²) in [5.41, 5.74) is 11.0. The van der Waals surface area contributed by atoms with Gasteiger partial charge in [-0.3, -0.25) is 9.88 Å². The lowest BCUT2D eigenvalue weighted by atomic mass is 9.66. The zero-order chi connectivity index (χ0) is 22.1. The van der Waals surface area contributed by atoms with Crippen molar-refractivity contribution in [3.63, 3.8) is 0 Å². The molecule has 5 nitrogen and oxygen atoms in total. The maximum atomic E-state index is 6.17. The zero-order valence-electron chi connectivity index (χ0n) is 17.7. The maximum absolute atomic E-state index is 6.17. The number of unbranched alkanes of at least 4 members (excludes halogenated alkanes) is 1. The van der Waals surface area contributed by atoms with E-state index in [1.807, 2.05) is 6.07 Å². The van der Waals surface area contributed by atoms with Crippen LogP contribution in [-0.2, 0) is 13.0 Å². The molecular formula is C21H22B5N5. The molecule has 1 aromatic carbocycles. The van der Waals surface area contributed by atoms with E-state index in [1.54, 1.807) is 0 Å². The first-order chi connectivity index (χ1) is 14.9. The number of nitrogens with zero attached hydrogens (tertiary/aromatic N) is 3. The summed E-state index contributed by atoms with van der Waals surface area (Å²) in [6.07, 6.45) is 5.06. The van der Waals surface area contributed by atoms with E-state index in [9.17, 15) is 0 Å². The summed E-state index contributed by atoms with van der Waals surface area (Å²) < 4.78 is 0. The molecule has 1 aliphatic carbocycles. The molecule has 0 aliphatic heterocycles. The lowest BCUT2D eigenvalue weighted by molar-refractivity contribution is 0.160. The second-order valence-corrected chi connectivity index (χ2v) is 8.22. The predicted octanol–water partition coefficient (Wildman–Crippen LogP) is -2.45. The minimum atomic E-state index is 0.156. The van der Waals surface area contributed by atoms with E-state index in [2.05, 4.69) is 20.9 Å². The van der Waals surface area contributed by atoms with Gasteiger partial charge in [-0.05, 0) is 56.4 Å². The monoisotopic (exact) mass is 399 g/mol. The number of hydrogen-bond acceptors (Lipinski definition) is 4. The van der Waals surface area contributed by atoms with Gasteiger partial charge in [0, 0.05) is 0 Å². The molecule has 10 radical (unpaired) electrons. The number of benzene rings is 1.